The van der Waals surface area contributed by atoms with Gasteiger partial charge < -0.3 is 10.4 Å². The van der Waals surface area contributed by atoms with Gasteiger partial charge >= 0.3 is 5.97 Å². The summed E-state index contributed by atoms with van der Waals surface area (Å²) in [6, 6.07) is 3.46. The van der Waals surface area contributed by atoms with Crippen molar-refractivity contribution in [1.82, 2.24) is 5.32 Å². The summed E-state index contributed by atoms with van der Waals surface area (Å²) in [7, 11) is 0. The van der Waals surface area contributed by atoms with Crippen LogP contribution in [-0.2, 0) is 4.79 Å². The molecule has 1 fully saturated rings. The number of carbonyl (C=O) groups excluding carboxylic acids is 1. The lowest BCUT2D eigenvalue weighted by Gasteiger charge is -2.14. The Morgan fingerprint density at radius 3 is 2.50 bits per heavy atom. The van der Waals surface area contributed by atoms with Gasteiger partial charge in [0.1, 0.15) is 5.82 Å². The Morgan fingerprint density at radius 1 is 1.36 bits per heavy atom. The zero-order valence-electron chi connectivity index (χ0n) is 11.3. The summed E-state index contributed by atoms with van der Waals surface area (Å²) in [5.74, 6) is -5.72. The largest absolute Gasteiger partial charge is 0.481 e. The van der Waals surface area contributed by atoms with E-state index >= 15 is 0 Å². The minimum Gasteiger partial charge on any atom is -0.481 e. The smallest absolute Gasteiger partial charge is 0.304 e. The van der Waals surface area contributed by atoms with E-state index in [0.717, 1.165) is 6.07 Å². The molecule has 22 heavy (non-hydrogen) atoms. The third-order valence-electron chi connectivity index (χ3n) is 3.77. The number of halogens is 4. The van der Waals surface area contributed by atoms with Gasteiger partial charge in [-0.2, -0.15) is 0 Å². The van der Waals surface area contributed by atoms with E-state index in [-0.39, 0.29) is 23.6 Å². The van der Waals surface area contributed by atoms with Crippen LogP contribution >= 0.6 is 11.6 Å². The molecule has 2 N–H and O–H groups in total. The van der Waals surface area contributed by atoms with Gasteiger partial charge in [-0.1, -0.05) is 11.6 Å². The highest BCUT2D eigenvalue weighted by atomic mass is 35.5. The van der Waals surface area contributed by atoms with Crippen LogP contribution in [0.2, 0.25) is 5.02 Å². The molecular formula is C14H13ClF3NO3. The van der Waals surface area contributed by atoms with Crippen molar-refractivity contribution >= 4 is 23.5 Å². The monoisotopic (exact) mass is 335 g/mol. The number of benzene rings is 1. The molecule has 8 heteroatoms. The van der Waals surface area contributed by atoms with Gasteiger partial charge in [0.05, 0.1) is 16.9 Å². The summed E-state index contributed by atoms with van der Waals surface area (Å²) in [5, 5.41) is 10.9. The Bertz CT molecular complexity index is 623. The van der Waals surface area contributed by atoms with Crippen LogP contribution in [0.3, 0.4) is 0 Å². The summed E-state index contributed by atoms with van der Waals surface area (Å²) < 4.78 is 39.9. The minimum atomic E-state index is -3.03. The van der Waals surface area contributed by atoms with Gasteiger partial charge in [-0.05, 0) is 24.6 Å². The van der Waals surface area contributed by atoms with Crippen LogP contribution < -0.4 is 5.32 Å². The molecule has 0 bridgehead atoms. The number of alkyl halides is 2. The van der Waals surface area contributed by atoms with Crippen LogP contribution in [0.4, 0.5) is 13.2 Å². The number of rotatable bonds is 6. The fourth-order valence-corrected chi connectivity index (χ4v) is 2.49. The van der Waals surface area contributed by atoms with Gasteiger partial charge in [-0.15, -0.1) is 0 Å². The SMILES string of the molecule is O=C(O)CC1(CCNC(=O)c2ccc(Cl)c(F)c2)CC1(F)F. The maximum atomic E-state index is 13.3. The average molecular weight is 336 g/mol. The van der Waals surface area contributed by atoms with Gasteiger partial charge in [-0.3, -0.25) is 9.59 Å². The Balaban J connectivity index is 1.91. The van der Waals surface area contributed by atoms with Crippen molar-refractivity contribution in [1.29, 1.82) is 0 Å². The second-order valence-electron chi connectivity index (χ2n) is 5.37. The molecule has 0 aromatic heterocycles. The average Bonchev–Trinajstić information content (AvgIpc) is 2.92. The van der Waals surface area contributed by atoms with E-state index in [0.29, 0.717) is 0 Å². The molecule has 1 aliphatic carbocycles. The van der Waals surface area contributed by atoms with Crippen LogP contribution in [0.1, 0.15) is 29.6 Å². The summed E-state index contributed by atoms with van der Waals surface area (Å²) in [6.07, 6.45) is -1.31. The quantitative estimate of drug-likeness (QED) is 0.839. The lowest BCUT2D eigenvalue weighted by atomic mass is 9.97. The standard InChI is InChI=1S/C14H13ClF3NO3/c15-9-2-1-8(5-10(9)16)12(22)19-4-3-13(6-11(20)21)7-14(13,17)18/h1-2,5H,3-4,6-7H2,(H,19,22)(H,20,21). The van der Waals surface area contributed by atoms with Crippen molar-refractivity contribution in [2.75, 3.05) is 6.54 Å². The van der Waals surface area contributed by atoms with Crippen LogP contribution in [-0.4, -0.2) is 29.5 Å². The molecule has 0 radical (unpaired) electrons. The Morgan fingerprint density at radius 2 is 2.00 bits per heavy atom. The van der Waals surface area contributed by atoms with Crippen molar-refractivity contribution in [3.63, 3.8) is 0 Å². The lowest BCUT2D eigenvalue weighted by Crippen LogP contribution is -2.28. The number of carboxylic acids is 1. The van der Waals surface area contributed by atoms with E-state index in [9.17, 15) is 22.8 Å². The second kappa shape index (κ2) is 5.79. The Kier molecular flexibility index (Phi) is 4.37. The highest BCUT2D eigenvalue weighted by Crippen LogP contribution is 2.64. The van der Waals surface area contributed by atoms with Gasteiger partial charge in [-0.25, -0.2) is 13.2 Å². The van der Waals surface area contributed by atoms with E-state index in [2.05, 4.69) is 5.32 Å². The lowest BCUT2D eigenvalue weighted by molar-refractivity contribution is -0.139. The molecular weight excluding hydrogens is 323 g/mol. The number of carboxylic acid groups (broad SMARTS) is 1. The molecule has 1 unspecified atom stereocenters. The fourth-order valence-electron chi connectivity index (χ4n) is 2.38. The first-order chi connectivity index (χ1) is 10.2. The van der Waals surface area contributed by atoms with Crippen molar-refractivity contribution in [3.8, 4) is 0 Å². The molecule has 1 aliphatic rings. The topological polar surface area (TPSA) is 66.4 Å². The molecule has 1 saturated carbocycles. The van der Waals surface area contributed by atoms with Crippen LogP contribution in [0.15, 0.2) is 18.2 Å². The number of hydrogen-bond donors (Lipinski definition) is 2. The van der Waals surface area contributed by atoms with Crippen molar-refractivity contribution < 1.29 is 27.9 Å². The first-order valence-electron chi connectivity index (χ1n) is 6.50. The van der Waals surface area contributed by atoms with E-state index in [4.69, 9.17) is 16.7 Å². The molecule has 1 aromatic carbocycles. The van der Waals surface area contributed by atoms with Crippen LogP contribution in [0.5, 0.6) is 0 Å². The highest BCUT2D eigenvalue weighted by Gasteiger charge is 2.70. The van der Waals surface area contributed by atoms with E-state index in [1.165, 1.54) is 12.1 Å². The molecule has 0 heterocycles. The minimum absolute atomic E-state index is 0.0109. The van der Waals surface area contributed by atoms with E-state index < -0.39 is 41.9 Å². The normalized spacial score (nSPS) is 22.2. The first-order valence-corrected chi connectivity index (χ1v) is 6.88. The first kappa shape index (κ1) is 16.6. The molecule has 4 nitrogen and oxygen atoms in total. The zero-order chi connectivity index (χ0) is 16.5. The third-order valence-corrected chi connectivity index (χ3v) is 4.08. The molecule has 0 aliphatic heterocycles. The predicted octanol–water partition coefficient (Wildman–Crippen LogP) is 3.10. The van der Waals surface area contributed by atoms with Gasteiger partial charge in [0.25, 0.3) is 11.8 Å². The highest BCUT2D eigenvalue weighted by molar-refractivity contribution is 6.30. The molecule has 1 atom stereocenters. The molecule has 0 saturated heterocycles. The molecule has 0 spiro atoms. The second-order valence-corrected chi connectivity index (χ2v) is 5.77. The Labute approximate surface area is 129 Å². The molecule has 1 amide bonds. The Hall–Kier alpha value is -1.76. The number of aliphatic carboxylic acids is 1. The fraction of sp³-hybridized carbons (Fsp3) is 0.429. The predicted molar refractivity (Wildman–Crippen MR) is 72.6 cm³/mol. The molecule has 120 valence electrons. The van der Waals surface area contributed by atoms with Crippen molar-refractivity contribution in [2.45, 2.75) is 25.2 Å². The zero-order valence-corrected chi connectivity index (χ0v) is 12.1. The number of hydrogen-bond acceptors (Lipinski definition) is 2. The number of nitrogens with one attached hydrogen (secondary N) is 1. The van der Waals surface area contributed by atoms with Crippen molar-refractivity contribution in [3.05, 3.63) is 34.6 Å². The van der Waals surface area contributed by atoms with Gasteiger partial charge in [0, 0.05) is 18.5 Å². The summed E-state index contributed by atoms with van der Waals surface area (Å²) >= 11 is 5.49. The van der Waals surface area contributed by atoms with E-state index in [1.54, 1.807) is 0 Å². The van der Waals surface area contributed by atoms with Gasteiger partial charge in [0.15, 0.2) is 0 Å². The summed E-state index contributed by atoms with van der Waals surface area (Å²) in [5.41, 5.74) is -1.59. The van der Waals surface area contributed by atoms with E-state index in [1.807, 2.05) is 0 Å². The summed E-state index contributed by atoms with van der Waals surface area (Å²) in [6.45, 7) is -0.119. The van der Waals surface area contributed by atoms with Gasteiger partial charge in [0.2, 0.25) is 0 Å². The maximum absolute atomic E-state index is 13.3. The number of amides is 1. The third kappa shape index (κ3) is 3.35. The van der Waals surface area contributed by atoms with Crippen LogP contribution in [0.25, 0.3) is 0 Å². The molecule has 2 rings (SSSR count). The number of carbonyl (C=O) groups is 2. The molecule has 1 aromatic rings. The van der Waals surface area contributed by atoms with Crippen molar-refractivity contribution in [2.24, 2.45) is 5.41 Å². The summed E-state index contributed by atoms with van der Waals surface area (Å²) in [4.78, 5) is 22.4. The van der Waals surface area contributed by atoms with Crippen LogP contribution in [0, 0.1) is 11.2 Å². The maximum Gasteiger partial charge on any atom is 0.304 e.